The first kappa shape index (κ1) is 14.7. The van der Waals surface area contributed by atoms with E-state index in [1.165, 1.54) is 18.2 Å². The van der Waals surface area contributed by atoms with Gasteiger partial charge < -0.3 is 9.47 Å². The van der Waals surface area contributed by atoms with E-state index < -0.39 is 17.9 Å². The molecule has 0 bridgehead atoms. The molecule has 5 nitrogen and oxygen atoms in total. The molecule has 0 radical (unpaired) electrons. The summed E-state index contributed by atoms with van der Waals surface area (Å²) in [5.41, 5.74) is -0.0121. The fourth-order valence-corrected chi connectivity index (χ4v) is 1.24. The van der Waals surface area contributed by atoms with Gasteiger partial charge in [0, 0.05) is 0 Å². The van der Waals surface area contributed by atoms with Crippen molar-refractivity contribution < 1.29 is 23.5 Å². The number of rotatable bonds is 5. The van der Waals surface area contributed by atoms with Crippen LogP contribution < -0.4 is 5.32 Å². The lowest BCUT2D eigenvalue weighted by Crippen LogP contribution is -2.15. The zero-order valence-corrected chi connectivity index (χ0v) is 10.4. The number of benzene rings is 1. The van der Waals surface area contributed by atoms with Crippen molar-refractivity contribution in [1.29, 1.82) is 0 Å². The fraction of sp³-hybridized carbons (Fsp3) is 0.231. The zero-order chi connectivity index (χ0) is 14.3. The fourth-order valence-electron chi connectivity index (χ4n) is 1.24. The second-order valence-corrected chi connectivity index (χ2v) is 3.43. The van der Waals surface area contributed by atoms with Crippen molar-refractivity contribution in [1.82, 2.24) is 0 Å². The quantitative estimate of drug-likeness (QED) is 0.658. The lowest BCUT2D eigenvalue weighted by atomic mass is 10.2. The van der Waals surface area contributed by atoms with Crippen LogP contribution in [0.5, 0.6) is 0 Å². The standard InChI is InChI=1S/C13H14FNO4/c1-3-7-19-13(17)15-11-8-9(5-6-10(11)14)12(16)18-4-2/h3,5-6,8H,1,4,7H2,2H3,(H,15,17). The third-order valence-electron chi connectivity index (χ3n) is 2.05. The van der Waals surface area contributed by atoms with Crippen molar-refractivity contribution in [3.63, 3.8) is 0 Å². The van der Waals surface area contributed by atoms with E-state index in [2.05, 4.69) is 16.6 Å². The smallest absolute Gasteiger partial charge is 0.412 e. The molecular weight excluding hydrogens is 253 g/mol. The number of anilines is 1. The van der Waals surface area contributed by atoms with Gasteiger partial charge in [0.25, 0.3) is 0 Å². The van der Waals surface area contributed by atoms with Crippen LogP contribution in [0.2, 0.25) is 0 Å². The van der Waals surface area contributed by atoms with Gasteiger partial charge in [-0.05, 0) is 25.1 Å². The molecule has 0 aromatic heterocycles. The summed E-state index contributed by atoms with van der Waals surface area (Å²) in [6.07, 6.45) is 0.546. The van der Waals surface area contributed by atoms with Gasteiger partial charge in [0.2, 0.25) is 0 Å². The Morgan fingerprint density at radius 2 is 2.16 bits per heavy atom. The SMILES string of the molecule is C=CCOC(=O)Nc1cc(C(=O)OCC)ccc1F. The topological polar surface area (TPSA) is 64.6 Å². The molecule has 102 valence electrons. The Morgan fingerprint density at radius 3 is 2.79 bits per heavy atom. The summed E-state index contributed by atoms with van der Waals surface area (Å²) in [6.45, 7) is 5.25. The van der Waals surface area contributed by atoms with Crippen molar-refractivity contribution in [2.45, 2.75) is 6.92 Å². The first-order valence-electron chi connectivity index (χ1n) is 5.59. The molecule has 0 aliphatic rings. The summed E-state index contributed by atoms with van der Waals surface area (Å²) in [5.74, 6) is -1.27. The molecular formula is C13H14FNO4. The average molecular weight is 267 g/mol. The van der Waals surface area contributed by atoms with Gasteiger partial charge in [-0.2, -0.15) is 0 Å². The third kappa shape index (κ3) is 4.42. The van der Waals surface area contributed by atoms with Crippen molar-refractivity contribution in [2.75, 3.05) is 18.5 Å². The Bertz CT molecular complexity index is 488. The summed E-state index contributed by atoms with van der Waals surface area (Å²) in [4.78, 5) is 22.7. The van der Waals surface area contributed by atoms with Crippen LogP contribution in [-0.4, -0.2) is 25.3 Å². The van der Waals surface area contributed by atoms with E-state index in [1.807, 2.05) is 0 Å². The maximum atomic E-state index is 13.5. The van der Waals surface area contributed by atoms with Crippen LogP contribution in [0, 0.1) is 5.82 Å². The largest absolute Gasteiger partial charge is 0.462 e. The first-order chi connectivity index (χ1) is 9.08. The average Bonchev–Trinajstić information content (AvgIpc) is 2.39. The minimum atomic E-state index is -0.834. The van der Waals surface area contributed by atoms with Crippen LogP contribution in [0.3, 0.4) is 0 Å². The number of carbonyl (C=O) groups is 2. The van der Waals surface area contributed by atoms with Gasteiger partial charge >= 0.3 is 12.1 Å². The summed E-state index contributed by atoms with van der Waals surface area (Å²) < 4.78 is 22.9. The highest BCUT2D eigenvalue weighted by Gasteiger charge is 2.12. The van der Waals surface area contributed by atoms with Gasteiger partial charge in [-0.15, -0.1) is 0 Å². The van der Waals surface area contributed by atoms with Gasteiger partial charge in [0.05, 0.1) is 17.9 Å². The summed E-state index contributed by atoms with van der Waals surface area (Å²) in [5, 5.41) is 2.19. The minimum Gasteiger partial charge on any atom is -0.462 e. The molecule has 0 atom stereocenters. The van der Waals surface area contributed by atoms with Gasteiger partial charge in [-0.3, -0.25) is 5.32 Å². The highest BCUT2D eigenvalue weighted by molar-refractivity contribution is 5.92. The molecule has 0 saturated heterocycles. The van der Waals surface area contributed by atoms with E-state index in [4.69, 9.17) is 4.74 Å². The van der Waals surface area contributed by atoms with Crippen LogP contribution in [-0.2, 0) is 9.47 Å². The Balaban J connectivity index is 2.82. The first-order valence-corrected chi connectivity index (χ1v) is 5.59. The molecule has 0 aliphatic heterocycles. The number of hydrogen-bond acceptors (Lipinski definition) is 4. The maximum absolute atomic E-state index is 13.5. The number of halogens is 1. The molecule has 1 aromatic carbocycles. The highest BCUT2D eigenvalue weighted by Crippen LogP contribution is 2.17. The number of ether oxygens (including phenoxy) is 2. The van der Waals surface area contributed by atoms with Crippen LogP contribution in [0.1, 0.15) is 17.3 Å². The van der Waals surface area contributed by atoms with Crippen molar-refractivity contribution in [2.24, 2.45) is 0 Å². The molecule has 1 amide bonds. The van der Waals surface area contributed by atoms with Gasteiger partial charge in [-0.25, -0.2) is 14.0 Å². The van der Waals surface area contributed by atoms with E-state index in [9.17, 15) is 14.0 Å². The Kier molecular flexibility index (Phi) is 5.53. The molecule has 1 rings (SSSR count). The number of amides is 1. The molecule has 0 aliphatic carbocycles. The summed E-state index contributed by atoms with van der Waals surface area (Å²) >= 11 is 0. The maximum Gasteiger partial charge on any atom is 0.412 e. The Morgan fingerprint density at radius 1 is 1.42 bits per heavy atom. The molecule has 1 N–H and O–H groups in total. The van der Waals surface area contributed by atoms with Crippen molar-refractivity contribution in [3.05, 3.63) is 42.2 Å². The highest BCUT2D eigenvalue weighted by atomic mass is 19.1. The molecule has 6 heteroatoms. The predicted molar refractivity (Wildman–Crippen MR) is 67.5 cm³/mol. The lowest BCUT2D eigenvalue weighted by Gasteiger charge is -2.08. The summed E-state index contributed by atoms with van der Waals surface area (Å²) in [7, 11) is 0. The monoisotopic (exact) mass is 267 g/mol. The molecule has 1 aromatic rings. The molecule has 0 heterocycles. The van der Waals surface area contributed by atoms with E-state index in [0.29, 0.717) is 0 Å². The minimum absolute atomic E-state index is 0.00498. The van der Waals surface area contributed by atoms with E-state index in [-0.39, 0.29) is 24.5 Å². The van der Waals surface area contributed by atoms with Gasteiger partial charge in [0.15, 0.2) is 0 Å². The normalized spacial score (nSPS) is 9.58. The number of nitrogens with one attached hydrogen (secondary N) is 1. The third-order valence-corrected chi connectivity index (χ3v) is 2.05. The summed E-state index contributed by atoms with van der Waals surface area (Å²) in [6, 6.07) is 3.52. The van der Waals surface area contributed by atoms with Crippen LogP contribution in [0.15, 0.2) is 30.9 Å². The number of carbonyl (C=O) groups excluding carboxylic acids is 2. The molecule has 19 heavy (non-hydrogen) atoms. The molecule has 0 unspecified atom stereocenters. The van der Waals surface area contributed by atoms with Crippen LogP contribution in [0.25, 0.3) is 0 Å². The van der Waals surface area contributed by atoms with E-state index >= 15 is 0 Å². The van der Waals surface area contributed by atoms with Crippen molar-refractivity contribution in [3.8, 4) is 0 Å². The molecule has 0 fully saturated rings. The lowest BCUT2D eigenvalue weighted by molar-refractivity contribution is 0.0526. The van der Waals surface area contributed by atoms with Crippen LogP contribution in [0.4, 0.5) is 14.9 Å². The van der Waals surface area contributed by atoms with Gasteiger partial charge in [-0.1, -0.05) is 12.7 Å². The van der Waals surface area contributed by atoms with Gasteiger partial charge in [0.1, 0.15) is 12.4 Å². The Hall–Kier alpha value is -2.37. The van der Waals surface area contributed by atoms with Crippen molar-refractivity contribution >= 4 is 17.7 Å². The molecule has 0 spiro atoms. The van der Waals surface area contributed by atoms with Crippen LogP contribution >= 0.6 is 0 Å². The second-order valence-electron chi connectivity index (χ2n) is 3.43. The van der Waals surface area contributed by atoms with E-state index in [0.717, 1.165) is 6.07 Å². The molecule has 0 saturated carbocycles. The zero-order valence-electron chi connectivity index (χ0n) is 10.4. The second kappa shape index (κ2) is 7.15. The van der Waals surface area contributed by atoms with E-state index in [1.54, 1.807) is 6.92 Å². The predicted octanol–water partition coefficient (Wildman–Crippen LogP) is 2.74. The Labute approximate surface area is 110 Å². The number of hydrogen-bond donors (Lipinski definition) is 1. The number of esters is 1.